The lowest BCUT2D eigenvalue weighted by Crippen LogP contribution is -2.43. The van der Waals surface area contributed by atoms with Crippen LogP contribution in [0.25, 0.3) is 32.9 Å². The highest BCUT2D eigenvalue weighted by Crippen LogP contribution is 2.36. The molecule has 0 radical (unpaired) electrons. The Kier molecular flexibility index (Phi) is 6.07. The third-order valence-corrected chi connectivity index (χ3v) is 7.80. The quantitative estimate of drug-likeness (QED) is 0.300. The fourth-order valence-corrected chi connectivity index (χ4v) is 5.64. The lowest BCUT2D eigenvalue weighted by atomic mass is 9.81. The van der Waals surface area contributed by atoms with Crippen molar-refractivity contribution < 1.29 is 17.9 Å². The van der Waals surface area contributed by atoms with Gasteiger partial charge in [-0.15, -0.1) is 0 Å². The molecule has 0 atom stereocenters. The number of hydrogen-bond acceptors (Lipinski definition) is 4. The number of ether oxygens (including phenoxy) is 1. The topological polar surface area (TPSA) is 43.2 Å². The molecule has 1 aliphatic carbocycles. The van der Waals surface area contributed by atoms with Gasteiger partial charge in [-0.1, -0.05) is 19.1 Å². The molecule has 1 saturated heterocycles. The number of rotatable bonds is 6. The fraction of sp³-hybridized carbons (Fsp3) is 0.429. The number of nitrogens with zero attached hydrogens (tertiary/aromatic N) is 4. The molecule has 4 heterocycles. The van der Waals surface area contributed by atoms with Crippen LogP contribution in [0, 0.1) is 17.7 Å². The van der Waals surface area contributed by atoms with E-state index in [0.717, 1.165) is 29.9 Å². The number of aromatic nitrogens is 3. The van der Waals surface area contributed by atoms with E-state index in [1.807, 2.05) is 0 Å². The second kappa shape index (κ2) is 9.39. The molecule has 0 spiro atoms. The summed E-state index contributed by atoms with van der Waals surface area (Å²) in [6.07, 6.45) is 8.97. The Bertz CT molecular complexity index is 1390. The summed E-state index contributed by atoms with van der Waals surface area (Å²) in [6.45, 7) is 3.03. The molecule has 5 nitrogen and oxygen atoms in total. The van der Waals surface area contributed by atoms with Crippen molar-refractivity contribution >= 4 is 21.8 Å². The molecule has 1 aliphatic heterocycles. The Hall–Kier alpha value is -3.13. The van der Waals surface area contributed by atoms with E-state index in [9.17, 15) is 13.2 Å². The fourth-order valence-electron chi connectivity index (χ4n) is 5.64. The van der Waals surface area contributed by atoms with Gasteiger partial charge >= 0.3 is 6.55 Å². The first-order chi connectivity index (χ1) is 17.5. The Morgan fingerprint density at radius 2 is 1.81 bits per heavy atom. The zero-order chi connectivity index (χ0) is 24.8. The minimum Gasteiger partial charge on any atom is -0.472 e. The first-order valence-corrected chi connectivity index (χ1v) is 12.7. The third-order valence-electron chi connectivity index (χ3n) is 7.80. The zero-order valence-electron chi connectivity index (χ0n) is 20.2. The van der Waals surface area contributed by atoms with Gasteiger partial charge in [0.2, 0.25) is 0 Å². The maximum absolute atomic E-state index is 14.9. The molecule has 1 aromatic carbocycles. The summed E-state index contributed by atoms with van der Waals surface area (Å²) < 4.78 is 49.6. The summed E-state index contributed by atoms with van der Waals surface area (Å²) in [4.78, 5) is 10.8. The molecular weight excluding hydrogens is 465 g/mol. The maximum Gasteiger partial charge on any atom is 0.319 e. The minimum absolute atomic E-state index is 0.00263. The SMILES string of the molecule is CC1CCN(C[C@H]2C[C@H](Oc3ncc(-c4ccc5c6cnccc6n(C(F)F)c5c4)cc3F)C2)CC1. The number of hydrogen-bond donors (Lipinski definition) is 0. The summed E-state index contributed by atoms with van der Waals surface area (Å²) in [6, 6.07) is 8.15. The summed E-state index contributed by atoms with van der Waals surface area (Å²) in [7, 11) is 0. The first-order valence-electron chi connectivity index (χ1n) is 12.7. The van der Waals surface area contributed by atoms with Crippen molar-refractivity contribution in [3.05, 3.63) is 54.7 Å². The molecule has 8 heteroatoms. The average Bonchev–Trinajstić information content (AvgIpc) is 3.19. The predicted molar refractivity (Wildman–Crippen MR) is 134 cm³/mol. The van der Waals surface area contributed by atoms with Crippen molar-refractivity contribution in [3.63, 3.8) is 0 Å². The molecule has 6 rings (SSSR count). The van der Waals surface area contributed by atoms with E-state index in [4.69, 9.17) is 4.74 Å². The number of benzene rings is 1. The van der Waals surface area contributed by atoms with Crippen LogP contribution in [0.2, 0.25) is 0 Å². The summed E-state index contributed by atoms with van der Waals surface area (Å²) in [5.41, 5.74) is 1.90. The van der Waals surface area contributed by atoms with Crippen molar-refractivity contribution in [2.24, 2.45) is 11.8 Å². The second-order valence-corrected chi connectivity index (χ2v) is 10.3. The van der Waals surface area contributed by atoms with Gasteiger partial charge in [-0.25, -0.2) is 9.37 Å². The molecule has 0 amide bonds. The molecule has 3 aromatic heterocycles. The van der Waals surface area contributed by atoms with Crippen LogP contribution in [0.3, 0.4) is 0 Å². The van der Waals surface area contributed by atoms with E-state index in [-0.39, 0.29) is 12.0 Å². The van der Waals surface area contributed by atoms with Crippen molar-refractivity contribution in [2.75, 3.05) is 19.6 Å². The molecule has 188 valence electrons. The zero-order valence-corrected chi connectivity index (χ0v) is 20.2. The summed E-state index contributed by atoms with van der Waals surface area (Å²) in [5.74, 6) is 0.876. The number of likely N-dealkylation sites (tertiary alicyclic amines) is 1. The van der Waals surface area contributed by atoms with Crippen LogP contribution in [0.15, 0.2) is 48.9 Å². The molecular formula is C28H29F3N4O. The maximum atomic E-state index is 14.9. The molecule has 2 aliphatic rings. The van der Waals surface area contributed by atoms with E-state index < -0.39 is 12.4 Å². The van der Waals surface area contributed by atoms with Crippen LogP contribution in [0.1, 0.15) is 39.2 Å². The van der Waals surface area contributed by atoms with Crippen molar-refractivity contribution in [3.8, 4) is 17.0 Å². The van der Waals surface area contributed by atoms with E-state index >= 15 is 0 Å². The van der Waals surface area contributed by atoms with Crippen LogP contribution in [0.5, 0.6) is 5.88 Å². The van der Waals surface area contributed by atoms with Gasteiger partial charge in [0.05, 0.1) is 11.0 Å². The highest BCUT2D eigenvalue weighted by molar-refractivity contribution is 6.08. The minimum atomic E-state index is -2.71. The van der Waals surface area contributed by atoms with Crippen LogP contribution in [0.4, 0.5) is 13.2 Å². The predicted octanol–water partition coefficient (Wildman–Crippen LogP) is 6.68. The standard InChI is InChI=1S/C28H29F3N4O/c1-17-5-8-34(9-6-17)16-18-10-21(11-18)36-27-24(29)12-20(14-33-27)19-2-3-22-23-15-32-7-4-25(23)35(28(30)31)26(22)13-19/h2-4,7,12-15,17-18,21,28H,5-6,8-11,16H2,1H3/t18-,21-. The molecule has 0 bridgehead atoms. The molecule has 0 unspecified atom stereocenters. The number of alkyl halides is 2. The highest BCUT2D eigenvalue weighted by Gasteiger charge is 2.33. The summed E-state index contributed by atoms with van der Waals surface area (Å²) >= 11 is 0. The Morgan fingerprint density at radius 3 is 2.56 bits per heavy atom. The first kappa shape index (κ1) is 23.3. The van der Waals surface area contributed by atoms with Crippen molar-refractivity contribution in [1.29, 1.82) is 0 Å². The van der Waals surface area contributed by atoms with Crippen molar-refractivity contribution in [2.45, 2.75) is 45.3 Å². The van der Waals surface area contributed by atoms with E-state index in [2.05, 4.69) is 21.8 Å². The van der Waals surface area contributed by atoms with Crippen LogP contribution >= 0.6 is 0 Å². The molecule has 0 N–H and O–H groups in total. The second-order valence-electron chi connectivity index (χ2n) is 10.3. The highest BCUT2D eigenvalue weighted by atomic mass is 19.3. The van der Waals surface area contributed by atoms with Gasteiger partial charge in [-0.3, -0.25) is 9.55 Å². The van der Waals surface area contributed by atoms with Crippen LogP contribution < -0.4 is 4.74 Å². The van der Waals surface area contributed by atoms with Gasteiger partial charge in [-0.2, -0.15) is 8.78 Å². The van der Waals surface area contributed by atoms with Crippen LogP contribution in [-0.4, -0.2) is 45.2 Å². The van der Waals surface area contributed by atoms with Gasteiger partial charge in [-0.05, 0) is 74.4 Å². The normalized spacial score (nSPS) is 21.4. The van der Waals surface area contributed by atoms with Gasteiger partial charge < -0.3 is 9.64 Å². The average molecular weight is 495 g/mol. The Balaban J connectivity index is 1.16. The lowest BCUT2D eigenvalue weighted by molar-refractivity contribution is 0.0307. The number of halogens is 3. The molecule has 2 fully saturated rings. The number of piperidine rings is 1. The lowest BCUT2D eigenvalue weighted by Gasteiger charge is -2.40. The third kappa shape index (κ3) is 4.32. The smallest absolute Gasteiger partial charge is 0.319 e. The Labute approximate surface area is 207 Å². The van der Waals surface area contributed by atoms with Gasteiger partial charge in [0, 0.05) is 41.5 Å². The molecule has 36 heavy (non-hydrogen) atoms. The molecule has 4 aromatic rings. The van der Waals surface area contributed by atoms with Gasteiger partial charge in [0.25, 0.3) is 5.88 Å². The summed E-state index contributed by atoms with van der Waals surface area (Å²) in [5, 5.41) is 1.33. The van der Waals surface area contributed by atoms with Gasteiger partial charge in [0.15, 0.2) is 5.82 Å². The number of fused-ring (bicyclic) bond motifs is 3. The molecule has 1 saturated carbocycles. The Morgan fingerprint density at radius 1 is 1.00 bits per heavy atom. The van der Waals surface area contributed by atoms with Gasteiger partial charge in [0.1, 0.15) is 6.10 Å². The van der Waals surface area contributed by atoms with Crippen LogP contribution in [-0.2, 0) is 0 Å². The largest absolute Gasteiger partial charge is 0.472 e. The van der Waals surface area contributed by atoms with Crippen molar-refractivity contribution in [1.82, 2.24) is 19.4 Å². The number of pyridine rings is 2. The van der Waals surface area contributed by atoms with E-state index in [1.165, 1.54) is 38.2 Å². The van der Waals surface area contributed by atoms with E-state index in [0.29, 0.717) is 38.9 Å². The monoisotopic (exact) mass is 494 g/mol. The van der Waals surface area contributed by atoms with E-state index in [1.54, 1.807) is 36.7 Å².